The van der Waals surface area contributed by atoms with Crippen LogP contribution in [-0.4, -0.2) is 36.3 Å². The van der Waals surface area contributed by atoms with Crippen molar-refractivity contribution in [1.82, 2.24) is 9.97 Å². The number of nitrogens with zero attached hydrogens (tertiary/aromatic N) is 2. The largest absolute Gasteiger partial charge is 0.378 e. The minimum absolute atomic E-state index is 0.777. The van der Waals surface area contributed by atoms with Crippen molar-refractivity contribution in [2.75, 3.05) is 31.2 Å². The summed E-state index contributed by atoms with van der Waals surface area (Å²) in [7, 11) is 0. The number of rotatable bonds is 2. The lowest BCUT2D eigenvalue weighted by Crippen LogP contribution is -2.36. The molecule has 0 aliphatic carbocycles. The number of hydrogen-bond donors (Lipinski definition) is 1. The number of fused-ring (bicyclic) bond motifs is 1. The molecule has 4 rings (SSSR count). The van der Waals surface area contributed by atoms with Crippen molar-refractivity contribution in [3.63, 3.8) is 0 Å². The van der Waals surface area contributed by atoms with Crippen LogP contribution in [0.5, 0.6) is 0 Å². The molecular formula is C17H17N3O. The van der Waals surface area contributed by atoms with Gasteiger partial charge in [0.25, 0.3) is 0 Å². The lowest BCUT2D eigenvalue weighted by Gasteiger charge is -2.27. The maximum Gasteiger partial charge on any atom is 0.130 e. The van der Waals surface area contributed by atoms with Gasteiger partial charge in [0, 0.05) is 36.4 Å². The predicted octanol–water partition coefficient (Wildman–Crippen LogP) is 3.07. The Labute approximate surface area is 123 Å². The molecule has 1 saturated heterocycles. The number of benzene rings is 1. The van der Waals surface area contributed by atoms with E-state index in [0.717, 1.165) is 48.7 Å². The number of nitrogens with one attached hydrogen (secondary N) is 1. The van der Waals surface area contributed by atoms with Gasteiger partial charge in [0.05, 0.1) is 18.7 Å². The minimum Gasteiger partial charge on any atom is -0.378 e. The Kier molecular flexibility index (Phi) is 3.09. The predicted molar refractivity (Wildman–Crippen MR) is 84.6 cm³/mol. The monoisotopic (exact) mass is 279 g/mol. The Morgan fingerprint density at radius 1 is 1.05 bits per heavy atom. The van der Waals surface area contributed by atoms with Gasteiger partial charge in [-0.05, 0) is 11.6 Å². The van der Waals surface area contributed by atoms with Crippen LogP contribution in [0.15, 0.2) is 48.7 Å². The van der Waals surface area contributed by atoms with Crippen LogP contribution in [0.4, 0.5) is 5.82 Å². The van der Waals surface area contributed by atoms with Crippen molar-refractivity contribution in [2.24, 2.45) is 0 Å². The van der Waals surface area contributed by atoms with Gasteiger partial charge in [-0.25, -0.2) is 4.98 Å². The molecule has 1 aliphatic rings. The molecule has 3 aromatic rings. The van der Waals surface area contributed by atoms with Gasteiger partial charge in [-0.2, -0.15) is 0 Å². The highest BCUT2D eigenvalue weighted by Crippen LogP contribution is 2.26. The average molecular weight is 279 g/mol. The van der Waals surface area contributed by atoms with Crippen molar-refractivity contribution in [3.8, 4) is 11.3 Å². The molecule has 3 heterocycles. The Bertz CT molecular complexity index is 745. The van der Waals surface area contributed by atoms with Crippen molar-refractivity contribution >= 4 is 16.7 Å². The van der Waals surface area contributed by atoms with E-state index in [1.54, 1.807) is 0 Å². The molecule has 1 aliphatic heterocycles. The van der Waals surface area contributed by atoms with Gasteiger partial charge in [-0.1, -0.05) is 30.3 Å². The molecular weight excluding hydrogens is 262 g/mol. The number of morpholine rings is 1. The summed E-state index contributed by atoms with van der Waals surface area (Å²) in [5.74, 6) is 1.02. The molecule has 0 bridgehead atoms. The molecule has 1 aromatic carbocycles. The van der Waals surface area contributed by atoms with Gasteiger partial charge in [-0.3, -0.25) is 0 Å². The Morgan fingerprint density at radius 3 is 2.67 bits per heavy atom. The summed E-state index contributed by atoms with van der Waals surface area (Å²) < 4.78 is 5.39. The maximum absolute atomic E-state index is 5.39. The number of H-pyrrole nitrogens is 1. The number of aromatic nitrogens is 2. The second-order valence-corrected chi connectivity index (χ2v) is 5.28. The highest BCUT2D eigenvalue weighted by atomic mass is 16.5. The minimum atomic E-state index is 0.777. The summed E-state index contributed by atoms with van der Waals surface area (Å²) in [6.07, 6.45) is 1.95. The molecule has 0 amide bonds. The molecule has 2 aromatic heterocycles. The maximum atomic E-state index is 5.39. The van der Waals surface area contributed by atoms with E-state index in [9.17, 15) is 0 Å². The molecule has 21 heavy (non-hydrogen) atoms. The first-order valence-electron chi connectivity index (χ1n) is 7.27. The molecule has 0 saturated carbocycles. The Morgan fingerprint density at radius 2 is 1.86 bits per heavy atom. The van der Waals surface area contributed by atoms with Crippen LogP contribution in [0.3, 0.4) is 0 Å². The van der Waals surface area contributed by atoms with Gasteiger partial charge in [-0.15, -0.1) is 0 Å². The summed E-state index contributed by atoms with van der Waals surface area (Å²) in [5.41, 5.74) is 3.46. The van der Waals surface area contributed by atoms with Crippen LogP contribution >= 0.6 is 0 Å². The normalized spacial score (nSPS) is 15.5. The van der Waals surface area contributed by atoms with Gasteiger partial charge in [0.2, 0.25) is 0 Å². The van der Waals surface area contributed by atoms with Gasteiger partial charge >= 0.3 is 0 Å². The highest BCUT2D eigenvalue weighted by molar-refractivity contribution is 5.86. The highest BCUT2D eigenvalue weighted by Gasteiger charge is 2.13. The van der Waals surface area contributed by atoms with Crippen LogP contribution in [0.1, 0.15) is 0 Å². The van der Waals surface area contributed by atoms with Crippen molar-refractivity contribution in [3.05, 3.63) is 48.7 Å². The van der Waals surface area contributed by atoms with Crippen LogP contribution in [0.25, 0.3) is 22.2 Å². The zero-order valence-corrected chi connectivity index (χ0v) is 11.7. The second kappa shape index (κ2) is 5.22. The zero-order chi connectivity index (χ0) is 14.1. The van der Waals surface area contributed by atoms with E-state index in [4.69, 9.17) is 4.74 Å². The molecule has 4 nitrogen and oxygen atoms in total. The standard InChI is InChI=1S/C17H17N3O/c1-2-4-13(5-3-1)15-10-14-12-18-17(11-16(14)19-15)20-6-8-21-9-7-20/h1-5,10-12,19H,6-9H2. The van der Waals surface area contributed by atoms with Crippen LogP contribution in [0, 0.1) is 0 Å². The SMILES string of the molecule is c1ccc(-c2cc3cnc(N4CCOCC4)cc3[nH]2)cc1. The van der Waals surface area contributed by atoms with Crippen LogP contribution < -0.4 is 4.90 Å². The van der Waals surface area contributed by atoms with E-state index < -0.39 is 0 Å². The van der Waals surface area contributed by atoms with Gasteiger partial charge < -0.3 is 14.6 Å². The van der Waals surface area contributed by atoms with Crippen molar-refractivity contribution in [1.29, 1.82) is 0 Å². The third-order valence-electron chi connectivity index (χ3n) is 3.91. The quantitative estimate of drug-likeness (QED) is 0.784. The Balaban J connectivity index is 1.71. The molecule has 106 valence electrons. The summed E-state index contributed by atoms with van der Waals surface area (Å²) in [6.45, 7) is 3.37. The van der Waals surface area contributed by atoms with Crippen LogP contribution in [0.2, 0.25) is 0 Å². The van der Waals surface area contributed by atoms with Crippen LogP contribution in [-0.2, 0) is 4.74 Å². The third kappa shape index (κ3) is 2.38. The first-order valence-corrected chi connectivity index (χ1v) is 7.27. The van der Waals surface area contributed by atoms with E-state index >= 15 is 0 Å². The van der Waals surface area contributed by atoms with Gasteiger partial charge in [0.1, 0.15) is 5.82 Å². The molecule has 0 spiro atoms. The fraction of sp³-hybridized carbons (Fsp3) is 0.235. The summed E-state index contributed by atoms with van der Waals surface area (Å²) >= 11 is 0. The first kappa shape index (κ1) is 12.4. The molecule has 4 heteroatoms. The summed E-state index contributed by atoms with van der Waals surface area (Å²) in [4.78, 5) is 10.4. The van der Waals surface area contributed by atoms with Crippen molar-refractivity contribution in [2.45, 2.75) is 0 Å². The number of hydrogen-bond acceptors (Lipinski definition) is 3. The second-order valence-electron chi connectivity index (χ2n) is 5.28. The van der Waals surface area contributed by atoms with Crippen molar-refractivity contribution < 1.29 is 4.74 Å². The fourth-order valence-electron chi connectivity index (χ4n) is 2.75. The van der Waals surface area contributed by atoms with E-state index in [2.05, 4.69) is 51.3 Å². The lowest BCUT2D eigenvalue weighted by atomic mass is 10.1. The molecule has 0 radical (unpaired) electrons. The summed E-state index contributed by atoms with van der Waals surface area (Å²) in [6, 6.07) is 14.6. The van der Waals surface area contributed by atoms with E-state index in [-0.39, 0.29) is 0 Å². The van der Waals surface area contributed by atoms with E-state index in [0.29, 0.717) is 0 Å². The first-order chi connectivity index (χ1) is 10.4. The summed E-state index contributed by atoms with van der Waals surface area (Å²) in [5, 5.41) is 1.14. The van der Waals surface area contributed by atoms with E-state index in [1.807, 2.05) is 12.3 Å². The molecule has 0 atom stereocenters. The van der Waals surface area contributed by atoms with Gasteiger partial charge in [0.15, 0.2) is 0 Å². The smallest absolute Gasteiger partial charge is 0.130 e. The molecule has 1 fully saturated rings. The number of anilines is 1. The number of ether oxygens (including phenoxy) is 1. The lowest BCUT2D eigenvalue weighted by molar-refractivity contribution is 0.122. The number of aromatic amines is 1. The number of pyridine rings is 1. The Hall–Kier alpha value is -2.33. The topological polar surface area (TPSA) is 41.2 Å². The third-order valence-corrected chi connectivity index (χ3v) is 3.91. The molecule has 0 unspecified atom stereocenters. The average Bonchev–Trinajstić information content (AvgIpc) is 2.99. The molecule has 1 N–H and O–H groups in total. The zero-order valence-electron chi connectivity index (χ0n) is 11.7. The fourth-order valence-corrected chi connectivity index (χ4v) is 2.75. The van der Waals surface area contributed by atoms with E-state index in [1.165, 1.54) is 5.56 Å².